The zero-order valence-electron chi connectivity index (χ0n) is 11.8. The predicted molar refractivity (Wildman–Crippen MR) is 85.6 cm³/mol. The van der Waals surface area contributed by atoms with Crippen molar-refractivity contribution in [3.63, 3.8) is 0 Å². The second kappa shape index (κ2) is 5.30. The predicted octanol–water partition coefficient (Wildman–Crippen LogP) is 4.88. The van der Waals surface area contributed by atoms with E-state index in [0.29, 0.717) is 10.6 Å². The molecule has 0 amide bonds. The third kappa shape index (κ3) is 2.94. The largest absolute Gasteiger partial charge is 0.477 e. The third-order valence-corrected chi connectivity index (χ3v) is 4.92. The van der Waals surface area contributed by atoms with Crippen molar-refractivity contribution in [2.45, 2.75) is 33.1 Å². The Bertz CT molecular complexity index is 671. The minimum atomic E-state index is -0.910. The van der Waals surface area contributed by atoms with E-state index in [9.17, 15) is 9.90 Å². The molecule has 1 N–H and O–H groups in total. The van der Waals surface area contributed by atoms with Crippen molar-refractivity contribution in [2.24, 2.45) is 0 Å². The van der Waals surface area contributed by atoms with Crippen LogP contribution in [0, 0.1) is 6.92 Å². The van der Waals surface area contributed by atoms with Crippen molar-refractivity contribution >= 4 is 33.2 Å². The number of benzene rings is 1. The zero-order chi connectivity index (χ0) is 15.1. The molecule has 0 aliphatic heterocycles. The number of hydrogen-bond acceptors (Lipinski definition) is 3. The van der Waals surface area contributed by atoms with E-state index in [1.54, 1.807) is 0 Å². The molecule has 0 aliphatic rings. The molecule has 2 rings (SSSR count). The highest BCUT2D eigenvalue weighted by Gasteiger charge is 2.27. The highest BCUT2D eigenvalue weighted by molar-refractivity contribution is 9.10. The van der Waals surface area contributed by atoms with Gasteiger partial charge in [0.15, 0.2) is 0 Å². The molecule has 20 heavy (non-hydrogen) atoms. The summed E-state index contributed by atoms with van der Waals surface area (Å²) in [5.41, 5.74) is 2.42. The van der Waals surface area contributed by atoms with E-state index < -0.39 is 5.97 Å². The van der Waals surface area contributed by atoms with Gasteiger partial charge in [-0.15, -0.1) is 11.3 Å². The summed E-state index contributed by atoms with van der Waals surface area (Å²) in [4.78, 5) is 16.3. The first-order valence-corrected chi connectivity index (χ1v) is 7.82. The molecule has 0 atom stereocenters. The van der Waals surface area contributed by atoms with Crippen molar-refractivity contribution in [3.05, 3.63) is 38.8 Å². The SMILES string of the molecule is Cc1cc(-c2nc(C(C)(C)C)c(C(=O)O)s2)ccc1Br. The van der Waals surface area contributed by atoms with Gasteiger partial charge in [0, 0.05) is 15.5 Å². The van der Waals surface area contributed by atoms with E-state index in [-0.39, 0.29) is 5.41 Å². The number of aryl methyl sites for hydroxylation is 1. The summed E-state index contributed by atoms with van der Waals surface area (Å²) in [6.45, 7) is 7.94. The molecule has 106 valence electrons. The van der Waals surface area contributed by atoms with Crippen LogP contribution in [-0.2, 0) is 5.41 Å². The Morgan fingerprint density at radius 2 is 2.00 bits per heavy atom. The van der Waals surface area contributed by atoms with Crippen LogP contribution >= 0.6 is 27.3 Å². The Labute approximate surface area is 130 Å². The minimum absolute atomic E-state index is 0.285. The lowest BCUT2D eigenvalue weighted by molar-refractivity contribution is 0.0699. The average Bonchev–Trinajstić information content (AvgIpc) is 2.77. The van der Waals surface area contributed by atoms with Crippen LogP contribution < -0.4 is 0 Å². The minimum Gasteiger partial charge on any atom is -0.477 e. The van der Waals surface area contributed by atoms with E-state index in [0.717, 1.165) is 20.6 Å². The van der Waals surface area contributed by atoms with Gasteiger partial charge in [0.25, 0.3) is 0 Å². The number of aromatic carboxylic acids is 1. The first-order valence-electron chi connectivity index (χ1n) is 6.21. The van der Waals surface area contributed by atoms with Crippen LogP contribution in [0.15, 0.2) is 22.7 Å². The van der Waals surface area contributed by atoms with Crippen molar-refractivity contribution in [2.75, 3.05) is 0 Å². The van der Waals surface area contributed by atoms with Crippen LogP contribution in [0.3, 0.4) is 0 Å². The molecule has 0 saturated heterocycles. The van der Waals surface area contributed by atoms with E-state index in [1.165, 1.54) is 11.3 Å². The second-order valence-electron chi connectivity index (χ2n) is 5.72. The normalized spacial score (nSPS) is 11.7. The summed E-state index contributed by atoms with van der Waals surface area (Å²) in [6.07, 6.45) is 0. The molecule has 3 nitrogen and oxygen atoms in total. The lowest BCUT2D eigenvalue weighted by Gasteiger charge is -2.16. The zero-order valence-corrected chi connectivity index (χ0v) is 14.2. The molecular formula is C15H16BrNO2S. The molecular weight excluding hydrogens is 338 g/mol. The summed E-state index contributed by atoms with van der Waals surface area (Å²) >= 11 is 4.70. The molecule has 2 aromatic rings. The first kappa shape index (κ1) is 15.2. The molecule has 0 saturated carbocycles. The maximum absolute atomic E-state index is 11.4. The van der Waals surface area contributed by atoms with Gasteiger partial charge in [-0.05, 0) is 24.6 Å². The summed E-state index contributed by atoms with van der Waals surface area (Å²) in [5, 5.41) is 10.1. The van der Waals surface area contributed by atoms with E-state index in [1.807, 2.05) is 45.9 Å². The second-order valence-corrected chi connectivity index (χ2v) is 7.57. The Morgan fingerprint density at radius 1 is 1.35 bits per heavy atom. The van der Waals surface area contributed by atoms with E-state index >= 15 is 0 Å². The lowest BCUT2D eigenvalue weighted by Crippen LogP contribution is -2.16. The Hall–Kier alpha value is -1.20. The lowest BCUT2D eigenvalue weighted by atomic mass is 9.91. The number of hydrogen-bond donors (Lipinski definition) is 1. The van der Waals surface area contributed by atoms with Gasteiger partial charge in [-0.25, -0.2) is 9.78 Å². The summed E-state index contributed by atoms with van der Waals surface area (Å²) in [6, 6.07) is 5.93. The smallest absolute Gasteiger partial charge is 0.347 e. The average molecular weight is 354 g/mol. The van der Waals surface area contributed by atoms with Gasteiger partial charge in [0.2, 0.25) is 0 Å². The first-order chi connectivity index (χ1) is 9.20. The number of carboxylic acid groups (broad SMARTS) is 1. The van der Waals surface area contributed by atoms with Crippen LogP contribution in [-0.4, -0.2) is 16.1 Å². The van der Waals surface area contributed by atoms with Crippen LogP contribution in [0.25, 0.3) is 10.6 Å². The molecule has 1 aromatic heterocycles. The molecule has 1 aromatic carbocycles. The summed E-state index contributed by atoms with van der Waals surface area (Å²) in [5.74, 6) is -0.910. The highest BCUT2D eigenvalue weighted by atomic mass is 79.9. The van der Waals surface area contributed by atoms with Crippen LogP contribution in [0.5, 0.6) is 0 Å². The van der Waals surface area contributed by atoms with Gasteiger partial charge in [-0.1, -0.05) is 42.8 Å². The number of carboxylic acids is 1. The van der Waals surface area contributed by atoms with Gasteiger partial charge in [0.1, 0.15) is 9.88 Å². The fourth-order valence-electron chi connectivity index (χ4n) is 1.87. The molecule has 1 heterocycles. The van der Waals surface area contributed by atoms with Crippen LogP contribution in [0.1, 0.15) is 41.7 Å². The number of thiazole rings is 1. The molecule has 0 fully saturated rings. The molecule has 0 spiro atoms. The van der Waals surface area contributed by atoms with Gasteiger partial charge in [-0.2, -0.15) is 0 Å². The number of nitrogens with zero attached hydrogens (tertiary/aromatic N) is 1. The van der Waals surface area contributed by atoms with Crippen molar-refractivity contribution in [1.29, 1.82) is 0 Å². The van der Waals surface area contributed by atoms with Crippen molar-refractivity contribution < 1.29 is 9.90 Å². The number of rotatable bonds is 2. The van der Waals surface area contributed by atoms with Crippen LogP contribution in [0.2, 0.25) is 0 Å². The quantitative estimate of drug-likeness (QED) is 0.837. The Balaban J connectivity index is 2.58. The van der Waals surface area contributed by atoms with E-state index in [2.05, 4.69) is 20.9 Å². The maximum atomic E-state index is 11.4. The van der Waals surface area contributed by atoms with Gasteiger partial charge >= 0.3 is 5.97 Å². The molecule has 0 aliphatic carbocycles. The van der Waals surface area contributed by atoms with E-state index in [4.69, 9.17) is 0 Å². The molecule has 0 unspecified atom stereocenters. The molecule has 0 bridgehead atoms. The third-order valence-electron chi connectivity index (χ3n) is 2.94. The Kier molecular flexibility index (Phi) is 4.02. The topological polar surface area (TPSA) is 50.2 Å². The van der Waals surface area contributed by atoms with Gasteiger partial charge in [0.05, 0.1) is 5.69 Å². The fourth-order valence-corrected chi connectivity index (χ4v) is 3.23. The van der Waals surface area contributed by atoms with Gasteiger partial charge < -0.3 is 5.11 Å². The maximum Gasteiger partial charge on any atom is 0.347 e. The highest BCUT2D eigenvalue weighted by Crippen LogP contribution is 2.35. The molecule has 5 heteroatoms. The Morgan fingerprint density at radius 3 is 2.45 bits per heavy atom. The van der Waals surface area contributed by atoms with Gasteiger partial charge in [-0.3, -0.25) is 0 Å². The standard InChI is InChI=1S/C15H16BrNO2S/c1-8-7-9(5-6-10(8)16)13-17-12(15(2,3)4)11(20-13)14(18)19/h5-7H,1-4H3,(H,18,19). The summed E-state index contributed by atoms with van der Waals surface area (Å²) < 4.78 is 1.03. The summed E-state index contributed by atoms with van der Waals surface area (Å²) in [7, 11) is 0. The van der Waals surface area contributed by atoms with Crippen molar-refractivity contribution in [1.82, 2.24) is 4.98 Å². The van der Waals surface area contributed by atoms with Crippen molar-refractivity contribution in [3.8, 4) is 10.6 Å². The number of carbonyl (C=O) groups is 1. The number of halogens is 1. The number of aromatic nitrogens is 1. The van der Waals surface area contributed by atoms with Crippen LogP contribution in [0.4, 0.5) is 0 Å². The molecule has 0 radical (unpaired) electrons. The fraction of sp³-hybridized carbons (Fsp3) is 0.333. The monoisotopic (exact) mass is 353 g/mol.